The van der Waals surface area contributed by atoms with Crippen molar-refractivity contribution in [3.63, 3.8) is 0 Å². The van der Waals surface area contributed by atoms with Gasteiger partial charge in [0, 0.05) is 5.69 Å². The van der Waals surface area contributed by atoms with Crippen molar-refractivity contribution in [1.82, 2.24) is 4.90 Å². The van der Waals surface area contributed by atoms with Crippen LogP contribution < -0.4 is 15.8 Å². The maximum atomic E-state index is 12.0. The van der Waals surface area contributed by atoms with Gasteiger partial charge >= 0.3 is 6.09 Å². The van der Waals surface area contributed by atoms with Crippen LogP contribution in [0.25, 0.3) is 0 Å². The van der Waals surface area contributed by atoms with E-state index in [0.717, 1.165) is 13.1 Å². The van der Waals surface area contributed by atoms with Gasteiger partial charge < -0.3 is 15.4 Å². The van der Waals surface area contributed by atoms with Crippen molar-refractivity contribution < 1.29 is 9.53 Å². The van der Waals surface area contributed by atoms with Crippen molar-refractivity contribution in [3.05, 3.63) is 54.1 Å². The van der Waals surface area contributed by atoms with Crippen molar-refractivity contribution >= 4 is 17.5 Å². The van der Waals surface area contributed by atoms with E-state index < -0.39 is 6.09 Å². The first-order chi connectivity index (χ1) is 11.6. The van der Waals surface area contributed by atoms with E-state index in [1.807, 2.05) is 12.1 Å². The maximum absolute atomic E-state index is 12.0. The number of nitrogens with one attached hydrogen (secondary N) is 1. The molecule has 0 unspecified atom stereocenters. The number of nitrogen functional groups attached to an aromatic ring is 1. The van der Waals surface area contributed by atoms with Crippen molar-refractivity contribution in [1.29, 1.82) is 0 Å². The summed E-state index contributed by atoms with van der Waals surface area (Å²) in [5, 5.41) is 2.73. The molecule has 24 heavy (non-hydrogen) atoms. The third-order valence-corrected chi connectivity index (χ3v) is 4.47. The van der Waals surface area contributed by atoms with Gasteiger partial charge in [0.2, 0.25) is 0 Å². The summed E-state index contributed by atoms with van der Waals surface area (Å²) in [5.74, 6) is 0.962. The average molecular weight is 325 g/mol. The summed E-state index contributed by atoms with van der Waals surface area (Å²) in [4.78, 5) is 14.3. The lowest BCUT2D eigenvalue weighted by atomic mass is 9.89. The molecule has 0 bridgehead atoms. The van der Waals surface area contributed by atoms with Gasteiger partial charge in [-0.1, -0.05) is 24.3 Å². The number of likely N-dealkylation sites (tertiary alicyclic amines) is 1. The number of carbonyl (C=O) groups is 1. The molecule has 2 aromatic rings. The molecule has 0 saturated carbocycles. The van der Waals surface area contributed by atoms with E-state index in [2.05, 4.69) is 29.4 Å². The third-order valence-electron chi connectivity index (χ3n) is 4.47. The van der Waals surface area contributed by atoms with Crippen molar-refractivity contribution in [2.24, 2.45) is 0 Å². The van der Waals surface area contributed by atoms with Crippen LogP contribution in [-0.2, 0) is 0 Å². The number of hydrogen-bond acceptors (Lipinski definition) is 4. The zero-order chi connectivity index (χ0) is 16.9. The number of nitrogens with zero attached hydrogens (tertiary/aromatic N) is 1. The Morgan fingerprint density at radius 1 is 1.12 bits per heavy atom. The van der Waals surface area contributed by atoms with Crippen LogP contribution in [0.4, 0.5) is 16.2 Å². The first-order valence-corrected chi connectivity index (χ1v) is 8.23. The predicted molar refractivity (Wildman–Crippen MR) is 96.4 cm³/mol. The third kappa shape index (κ3) is 4.06. The van der Waals surface area contributed by atoms with Gasteiger partial charge in [0.1, 0.15) is 0 Å². The molecule has 3 N–H and O–H groups in total. The topological polar surface area (TPSA) is 67.6 Å². The number of nitrogens with two attached hydrogens (primary N) is 1. The number of ether oxygens (including phenoxy) is 1. The second-order valence-electron chi connectivity index (χ2n) is 6.25. The lowest BCUT2D eigenvalue weighted by Crippen LogP contribution is -2.29. The van der Waals surface area contributed by atoms with Crippen molar-refractivity contribution in [2.75, 3.05) is 31.2 Å². The number of benzene rings is 2. The highest BCUT2D eigenvalue weighted by Gasteiger charge is 2.18. The summed E-state index contributed by atoms with van der Waals surface area (Å²) < 4.78 is 5.23. The van der Waals surface area contributed by atoms with Crippen molar-refractivity contribution in [3.8, 4) is 5.75 Å². The van der Waals surface area contributed by atoms with E-state index in [1.165, 1.54) is 18.4 Å². The monoisotopic (exact) mass is 325 g/mol. The van der Waals surface area contributed by atoms with E-state index in [-0.39, 0.29) is 0 Å². The highest BCUT2D eigenvalue weighted by molar-refractivity contribution is 5.87. The van der Waals surface area contributed by atoms with Crippen LogP contribution >= 0.6 is 0 Å². The second kappa shape index (κ2) is 7.36. The molecule has 0 atom stereocenters. The second-order valence-corrected chi connectivity index (χ2v) is 6.25. The van der Waals surface area contributed by atoms with E-state index in [0.29, 0.717) is 23.0 Å². The number of para-hydroxylation sites is 2. The van der Waals surface area contributed by atoms with E-state index >= 15 is 0 Å². The van der Waals surface area contributed by atoms with Crippen LogP contribution in [0.1, 0.15) is 24.3 Å². The maximum Gasteiger partial charge on any atom is 0.417 e. The smallest absolute Gasteiger partial charge is 0.408 e. The number of carbonyl (C=O) groups excluding carboxylic acids is 1. The quantitative estimate of drug-likeness (QED) is 0.845. The van der Waals surface area contributed by atoms with Gasteiger partial charge in [0.05, 0.1) is 5.69 Å². The molecular formula is C19H23N3O2. The lowest BCUT2D eigenvalue weighted by molar-refractivity contribution is 0.215. The summed E-state index contributed by atoms with van der Waals surface area (Å²) in [6.07, 6.45) is 1.82. The molecule has 5 nitrogen and oxygen atoms in total. The molecule has 0 aromatic heterocycles. The first-order valence-electron chi connectivity index (χ1n) is 8.23. The normalized spacial score (nSPS) is 15.9. The van der Waals surface area contributed by atoms with Crippen LogP contribution in [0, 0.1) is 0 Å². The summed E-state index contributed by atoms with van der Waals surface area (Å²) in [5.41, 5.74) is 8.24. The number of piperidine rings is 1. The molecule has 1 saturated heterocycles. The van der Waals surface area contributed by atoms with E-state index in [9.17, 15) is 4.79 Å². The lowest BCUT2D eigenvalue weighted by Gasteiger charge is -2.29. The van der Waals surface area contributed by atoms with Crippen LogP contribution in [0.2, 0.25) is 0 Å². The van der Waals surface area contributed by atoms with Gasteiger partial charge in [-0.25, -0.2) is 4.79 Å². The average Bonchev–Trinajstić information content (AvgIpc) is 2.58. The molecule has 126 valence electrons. The van der Waals surface area contributed by atoms with Crippen LogP contribution in [0.3, 0.4) is 0 Å². The van der Waals surface area contributed by atoms with Gasteiger partial charge in [0.25, 0.3) is 0 Å². The standard InChI is InChI=1S/C19H23N3O2/c1-22-12-10-15(11-13-22)14-6-8-16(9-7-14)21-19(23)24-18-5-3-2-4-17(18)20/h2-9,15H,10-13,20H2,1H3,(H,21,23). The van der Waals surface area contributed by atoms with Crippen LogP contribution in [0.15, 0.2) is 48.5 Å². The number of rotatable bonds is 3. The van der Waals surface area contributed by atoms with E-state index in [4.69, 9.17) is 10.5 Å². The zero-order valence-corrected chi connectivity index (χ0v) is 13.9. The SMILES string of the molecule is CN1CCC(c2ccc(NC(=O)Oc3ccccc3N)cc2)CC1. The molecule has 0 spiro atoms. The van der Waals surface area contributed by atoms with Crippen molar-refractivity contribution in [2.45, 2.75) is 18.8 Å². The van der Waals surface area contributed by atoms with E-state index in [1.54, 1.807) is 24.3 Å². The molecular weight excluding hydrogens is 302 g/mol. The minimum Gasteiger partial charge on any atom is -0.408 e. The number of amides is 1. The summed E-state index contributed by atoms with van der Waals surface area (Å²) >= 11 is 0. The Labute approximate surface area is 142 Å². The Balaban J connectivity index is 1.58. The molecule has 1 amide bonds. The van der Waals surface area contributed by atoms with Gasteiger partial charge in [-0.2, -0.15) is 0 Å². The van der Waals surface area contributed by atoms with Gasteiger partial charge in [0.15, 0.2) is 5.75 Å². The Hall–Kier alpha value is -2.53. The summed E-state index contributed by atoms with van der Waals surface area (Å²) in [6, 6.07) is 14.9. The summed E-state index contributed by atoms with van der Waals surface area (Å²) in [6.45, 7) is 2.27. The molecule has 1 aliphatic heterocycles. The Kier molecular flexibility index (Phi) is 5.01. The molecule has 0 radical (unpaired) electrons. The van der Waals surface area contributed by atoms with Crippen LogP contribution in [-0.4, -0.2) is 31.1 Å². The molecule has 1 fully saturated rings. The molecule has 1 aliphatic rings. The molecule has 2 aromatic carbocycles. The Morgan fingerprint density at radius 3 is 2.46 bits per heavy atom. The fraction of sp³-hybridized carbons (Fsp3) is 0.316. The molecule has 0 aliphatic carbocycles. The first kappa shape index (κ1) is 16.3. The molecule has 1 heterocycles. The fourth-order valence-electron chi connectivity index (χ4n) is 3.00. The highest BCUT2D eigenvalue weighted by atomic mass is 16.6. The number of hydrogen-bond donors (Lipinski definition) is 2. The Morgan fingerprint density at radius 2 is 1.79 bits per heavy atom. The van der Waals surface area contributed by atoms with Gasteiger partial charge in [-0.3, -0.25) is 5.32 Å². The Bertz CT molecular complexity index is 692. The molecule has 3 rings (SSSR count). The fourth-order valence-corrected chi connectivity index (χ4v) is 3.00. The van der Waals surface area contributed by atoms with Crippen LogP contribution in [0.5, 0.6) is 5.75 Å². The van der Waals surface area contributed by atoms with Gasteiger partial charge in [-0.05, 0) is 68.7 Å². The summed E-state index contributed by atoms with van der Waals surface area (Å²) in [7, 11) is 2.16. The minimum absolute atomic E-state index is 0.359. The largest absolute Gasteiger partial charge is 0.417 e. The van der Waals surface area contributed by atoms with Gasteiger partial charge in [-0.15, -0.1) is 0 Å². The highest BCUT2D eigenvalue weighted by Crippen LogP contribution is 2.28. The number of anilines is 2. The minimum atomic E-state index is -0.542. The predicted octanol–water partition coefficient (Wildman–Crippen LogP) is 3.69. The zero-order valence-electron chi connectivity index (χ0n) is 13.9. The molecule has 5 heteroatoms.